The SMILES string of the molecule is Cc1nc(Oc2ccc3c(ccn3C(=O)Nc3cc(C4CC4)on3)c2)cc(-n2ncnn2)n1. The Kier molecular flexibility index (Phi) is 4.35. The van der Waals surface area contributed by atoms with Gasteiger partial charge in [0.1, 0.15) is 17.3 Å². The number of tetrazole rings is 1. The van der Waals surface area contributed by atoms with Crippen LogP contribution in [-0.2, 0) is 0 Å². The maximum absolute atomic E-state index is 12.8. The second kappa shape index (κ2) is 7.51. The van der Waals surface area contributed by atoms with E-state index in [1.54, 1.807) is 37.4 Å². The van der Waals surface area contributed by atoms with E-state index >= 15 is 0 Å². The number of carbonyl (C=O) groups is 1. The molecule has 164 valence electrons. The van der Waals surface area contributed by atoms with E-state index in [1.165, 1.54) is 15.7 Å². The molecule has 4 aromatic heterocycles. The third-order valence-electron chi connectivity index (χ3n) is 5.20. The Hall–Kier alpha value is -4.61. The lowest BCUT2D eigenvalue weighted by Gasteiger charge is -2.08. The fraction of sp³-hybridized carbons (Fsp3) is 0.190. The summed E-state index contributed by atoms with van der Waals surface area (Å²) in [4.78, 5) is 22.6. The van der Waals surface area contributed by atoms with Crippen LogP contribution in [-0.4, -0.2) is 45.9 Å². The zero-order chi connectivity index (χ0) is 22.4. The van der Waals surface area contributed by atoms with Crippen molar-refractivity contribution in [2.24, 2.45) is 0 Å². The first kappa shape index (κ1) is 19.1. The highest BCUT2D eigenvalue weighted by molar-refractivity contribution is 5.98. The Labute approximate surface area is 186 Å². The van der Waals surface area contributed by atoms with Crippen LogP contribution in [0.15, 0.2) is 53.4 Å². The quantitative estimate of drug-likeness (QED) is 0.432. The molecule has 0 aliphatic heterocycles. The predicted molar refractivity (Wildman–Crippen MR) is 114 cm³/mol. The fourth-order valence-electron chi connectivity index (χ4n) is 3.51. The molecule has 0 atom stereocenters. The van der Waals surface area contributed by atoms with Gasteiger partial charge in [-0.3, -0.25) is 9.88 Å². The minimum absolute atomic E-state index is 0.328. The van der Waals surface area contributed by atoms with Gasteiger partial charge in [-0.05, 0) is 49.2 Å². The standard InChI is InChI=1S/C21H17N9O3/c1-12-24-19(30-23-11-22-28-30)10-20(25-12)32-15-4-5-16-14(8-15)6-7-29(16)21(31)26-18-9-17(33-27-18)13-2-3-13/h4-11,13H,2-3H2,1H3,(H,26,27,31). The molecule has 0 spiro atoms. The van der Waals surface area contributed by atoms with E-state index in [1.807, 2.05) is 12.1 Å². The van der Waals surface area contributed by atoms with Crippen LogP contribution in [0.25, 0.3) is 16.7 Å². The molecule has 1 aromatic carbocycles. The Morgan fingerprint density at radius 3 is 2.91 bits per heavy atom. The van der Waals surface area contributed by atoms with E-state index in [4.69, 9.17) is 9.26 Å². The van der Waals surface area contributed by atoms with Crippen molar-refractivity contribution in [2.45, 2.75) is 25.7 Å². The van der Waals surface area contributed by atoms with Gasteiger partial charge in [0.05, 0.1) is 5.52 Å². The molecule has 0 saturated heterocycles. The summed E-state index contributed by atoms with van der Waals surface area (Å²) in [7, 11) is 0. The smallest absolute Gasteiger partial charge is 0.331 e. The topological polar surface area (TPSA) is 139 Å². The van der Waals surface area contributed by atoms with Crippen LogP contribution in [0, 0.1) is 6.92 Å². The van der Waals surface area contributed by atoms with Gasteiger partial charge in [0.25, 0.3) is 0 Å². The van der Waals surface area contributed by atoms with Crippen molar-refractivity contribution in [1.29, 1.82) is 0 Å². The molecule has 1 saturated carbocycles. The van der Waals surface area contributed by atoms with E-state index in [0.717, 1.165) is 29.5 Å². The molecule has 33 heavy (non-hydrogen) atoms. The van der Waals surface area contributed by atoms with Gasteiger partial charge < -0.3 is 9.26 Å². The molecular weight excluding hydrogens is 426 g/mol. The average molecular weight is 443 g/mol. The number of nitrogens with one attached hydrogen (secondary N) is 1. The summed E-state index contributed by atoms with van der Waals surface area (Å²) < 4.78 is 12.7. The maximum Gasteiger partial charge on any atom is 0.331 e. The van der Waals surface area contributed by atoms with Gasteiger partial charge in [-0.25, -0.2) is 9.78 Å². The number of benzene rings is 1. The van der Waals surface area contributed by atoms with Gasteiger partial charge in [-0.15, -0.1) is 15.0 Å². The lowest BCUT2D eigenvalue weighted by molar-refractivity contribution is 0.254. The van der Waals surface area contributed by atoms with E-state index in [-0.39, 0.29) is 6.03 Å². The van der Waals surface area contributed by atoms with Crippen LogP contribution in [0.4, 0.5) is 10.6 Å². The summed E-state index contributed by atoms with van der Waals surface area (Å²) in [5.41, 5.74) is 0.720. The summed E-state index contributed by atoms with van der Waals surface area (Å²) in [6.45, 7) is 1.75. The molecule has 1 N–H and O–H groups in total. The molecule has 0 unspecified atom stereocenters. The number of hydrogen-bond acceptors (Lipinski definition) is 9. The molecule has 0 bridgehead atoms. The van der Waals surface area contributed by atoms with Crippen molar-refractivity contribution in [1.82, 2.24) is 39.9 Å². The fourth-order valence-corrected chi connectivity index (χ4v) is 3.51. The number of carbonyl (C=O) groups excluding carboxylic acids is 1. The molecule has 1 fully saturated rings. The van der Waals surface area contributed by atoms with Crippen LogP contribution in [0.5, 0.6) is 11.6 Å². The van der Waals surface area contributed by atoms with Crippen molar-refractivity contribution >= 4 is 22.8 Å². The number of amides is 1. The lowest BCUT2D eigenvalue weighted by Crippen LogP contribution is -2.18. The molecule has 4 heterocycles. The van der Waals surface area contributed by atoms with E-state index in [0.29, 0.717) is 35.0 Å². The highest BCUT2D eigenvalue weighted by Crippen LogP contribution is 2.40. The molecule has 1 aliphatic carbocycles. The van der Waals surface area contributed by atoms with Crippen LogP contribution < -0.4 is 10.1 Å². The van der Waals surface area contributed by atoms with Gasteiger partial charge in [-0.1, -0.05) is 5.16 Å². The van der Waals surface area contributed by atoms with Crippen LogP contribution >= 0.6 is 0 Å². The van der Waals surface area contributed by atoms with Gasteiger partial charge in [0.15, 0.2) is 18.0 Å². The van der Waals surface area contributed by atoms with E-state index < -0.39 is 0 Å². The lowest BCUT2D eigenvalue weighted by atomic mass is 10.2. The molecule has 1 amide bonds. The van der Waals surface area contributed by atoms with Gasteiger partial charge in [-0.2, -0.15) is 4.98 Å². The van der Waals surface area contributed by atoms with E-state index in [9.17, 15) is 4.79 Å². The Bertz CT molecular complexity index is 1470. The summed E-state index contributed by atoms with van der Waals surface area (Å²) in [5.74, 6) is 3.48. The first-order valence-corrected chi connectivity index (χ1v) is 10.3. The number of aromatic nitrogens is 8. The first-order valence-electron chi connectivity index (χ1n) is 10.3. The summed E-state index contributed by atoms with van der Waals surface area (Å²) >= 11 is 0. The molecule has 12 heteroatoms. The van der Waals surface area contributed by atoms with Crippen molar-refractivity contribution in [3.63, 3.8) is 0 Å². The third kappa shape index (κ3) is 3.78. The van der Waals surface area contributed by atoms with E-state index in [2.05, 4.69) is 35.9 Å². The molecule has 6 rings (SSSR count). The Morgan fingerprint density at radius 1 is 1.18 bits per heavy atom. The van der Waals surface area contributed by atoms with Gasteiger partial charge in [0.2, 0.25) is 5.88 Å². The van der Waals surface area contributed by atoms with Crippen LogP contribution in [0.1, 0.15) is 30.3 Å². The number of nitrogens with zero attached hydrogens (tertiary/aromatic N) is 8. The van der Waals surface area contributed by atoms with Crippen molar-refractivity contribution < 1.29 is 14.1 Å². The second-order valence-electron chi connectivity index (χ2n) is 7.66. The zero-order valence-corrected chi connectivity index (χ0v) is 17.4. The monoisotopic (exact) mass is 443 g/mol. The summed E-state index contributed by atoms with van der Waals surface area (Å²) in [5, 5.41) is 19.0. The average Bonchev–Trinajstić information content (AvgIpc) is 3.19. The normalized spacial score (nSPS) is 13.4. The van der Waals surface area contributed by atoms with Crippen LogP contribution in [0.2, 0.25) is 0 Å². The minimum atomic E-state index is -0.328. The largest absolute Gasteiger partial charge is 0.439 e. The highest BCUT2D eigenvalue weighted by Gasteiger charge is 2.28. The number of aryl methyl sites for hydroxylation is 1. The Balaban J connectivity index is 1.22. The van der Waals surface area contributed by atoms with Crippen molar-refractivity contribution in [3.8, 4) is 17.4 Å². The summed E-state index contributed by atoms with van der Waals surface area (Å²) in [6.07, 6.45) is 5.21. The predicted octanol–water partition coefficient (Wildman–Crippen LogP) is 3.45. The first-order chi connectivity index (χ1) is 16.1. The molecular formula is C21H17N9O3. The van der Waals surface area contributed by atoms with Crippen molar-refractivity contribution in [3.05, 3.63) is 60.5 Å². The Morgan fingerprint density at radius 2 is 2.09 bits per heavy atom. The zero-order valence-electron chi connectivity index (χ0n) is 17.4. The number of fused-ring (bicyclic) bond motifs is 1. The number of anilines is 1. The molecule has 0 radical (unpaired) electrons. The molecule has 1 aliphatic rings. The van der Waals surface area contributed by atoms with Gasteiger partial charge >= 0.3 is 6.03 Å². The number of hydrogen-bond donors (Lipinski definition) is 1. The molecule has 12 nitrogen and oxygen atoms in total. The number of ether oxygens (including phenoxy) is 1. The maximum atomic E-state index is 12.8. The van der Waals surface area contributed by atoms with Gasteiger partial charge in [0, 0.05) is 29.6 Å². The van der Waals surface area contributed by atoms with Crippen LogP contribution in [0.3, 0.4) is 0 Å². The van der Waals surface area contributed by atoms with Crippen molar-refractivity contribution in [2.75, 3.05) is 5.32 Å². The summed E-state index contributed by atoms with van der Waals surface area (Å²) in [6, 6.07) is 10.3. The minimum Gasteiger partial charge on any atom is -0.439 e. The third-order valence-corrected chi connectivity index (χ3v) is 5.20. The molecule has 5 aromatic rings. The second-order valence-corrected chi connectivity index (χ2v) is 7.66. The number of rotatable bonds is 5. The highest BCUT2D eigenvalue weighted by atomic mass is 16.5.